The Morgan fingerprint density at radius 1 is 1.48 bits per heavy atom. The van der Waals surface area contributed by atoms with E-state index in [0.717, 1.165) is 30.9 Å². The quantitative estimate of drug-likeness (QED) is 0.840. The van der Waals surface area contributed by atoms with Crippen LogP contribution >= 0.6 is 11.3 Å². The van der Waals surface area contributed by atoms with E-state index in [1.165, 1.54) is 11.3 Å². The van der Waals surface area contributed by atoms with Crippen LogP contribution in [0.3, 0.4) is 0 Å². The molecule has 1 amide bonds. The Balaban J connectivity index is 1.61. The average molecular weight is 335 g/mol. The van der Waals surface area contributed by atoms with Crippen molar-refractivity contribution in [1.82, 2.24) is 24.2 Å². The number of hydrogen-bond acceptors (Lipinski definition) is 5. The van der Waals surface area contributed by atoms with Crippen LogP contribution < -0.4 is 4.87 Å². The molecule has 0 bridgehead atoms. The Morgan fingerprint density at radius 3 is 2.96 bits per heavy atom. The predicted octanol–water partition coefficient (Wildman–Crippen LogP) is 1.14. The lowest BCUT2D eigenvalue weighted by Crippen LogP contribution is -2.40. The topological polar surface area (TPSA) is 73.0 Å². The van der Waals surface area contributed by atoms with Gasteiger partial charge in [0.05, 0.1) is 0 Å². The molecule has 23 heavy (non-hydrogen) atoms. The third kappa shape index (κ3) is 3.36. The van der Waals surface area contributed by atoms with Gasteiger partial charge in [0.2, 0.25) is 5.91 Å². The lowest BCUT2D eigenvalue weighted by atomic mass is 9.97. The molecular formula is C15H21N5O2S. The molecule has 0 radical (unpaired) electrons. The molecule has 1 aliphatic rings. The van der Waals surface area contributed by atoms with Crippen LogP contribution in [0.25, 0.3) is 0 Å². The van der Waals surface area contributed by atoms with Crippen molar-refractivity contribution in [2.75, 3.05) is 13.1 Å². The van der Waals surface area contributed by atoms with Gasteiger partial charge in [-0.3, -0.25) is 9.59 Å². The number of nitrogens with zero attached hydrogens (tertiary/aromatic N) is 5. The Morgan fingerprint density at radius 2 is 2.30 bits per heavy atom. The number of carbonyl (C=O) groups is 1. The predicted molar refractivity (Wildman–Crippen MR) is 87.5 cm³/mol. The standard InChI is InChI=1S/C15H21N5O2S/c1-11-9-23-15(22)20(11)7-5-13(21)19-6-3-4-12(8-19)14-17-16-10-18(14)2/h9-10,12H,3-8H2,1-2H3/t12-/m1/s1. The number of hydrogen-bond donors (Lipinski definition) is 0. The highest BCUT2D eigenvalue weighted by Gasteiger charge is 2.27. The highest BCUT2D eigenvalue weighted by molar-refractivity contribution is 7.07. The normalized spacial score (nSPS) is 18.3. The summed E-state index contributed by atoms with van der Waals surface area (Å²) in [7, 11) is 1.93. The summed E-state index contributed by atoms with van der Waals surface area (Å²) in [6.45, 7) is 3.82. The number of likely N-dealkylation sites (tertiary alicyclic amines) is 1. The maximum Gasteiger partial charge on any atom is 0.307 e. The molecule has 124 valence electrons. The van der Waals surface area contributed by atoms with Gasteiger partial charge >= 0.3 is 4.87 Å². The second-order valence-corrected chi connectivity index (χ2v) is 6.84. The molecule has 0 aromatic carbocycles. The van der Waals surface area contributed by atoms with Gasteiger partial charge in [-0.2, -0.15) is 0 Å². The van der Waals surface area contributed by atoms with Crippen molar-refractivity contribution < 1.29 is 4.79 Å². The zero-order valence-corrected chi connectivity index (χ0v) is 14.3. The first kappa shape index (κ1) is 15.9. The van der Waals surface area contributed by atoms with Gasteiger partial charge in [-0.1, -0.05) is 11.3 Å². The van der Waals surface area contributed by atoms with E-state index >= 15 is 0 Å². The van der Waals surface area contributed by atoms with Crippen LogP contribution in [0.4, 0.5) is 0 Å². The average Bonchev–Trinajstić information content (AvgIpc) is 3.11. The fourth-order valence-corrected chi connectivity index (χ4v) is 3.88. The first-order chi connectivity index (χ1) is 11.1. The monoisotopic (exact) mass is 335 g/mol. The first-order valence-corrected chi connectivity index (χ1v) is 8.71. The van der Waals surface area contributed by atoms with Crippen LogP contribution in [0.5, 0.6) is 0 Å². The van der Waals surface area contributed by atoms with Crippen LogP contribution in [-0.2, 0) is 18.4 Å². The summed E-state index contributed by atoms with van der Waals surface area (Å²) in [5, 5.41) is 9.93. The summed E-state index contributed by atoms with van der Waals surface area (Å²) in [4.78, 5) is 26.1. The van der Waals surface area contributed by atoms with Crippen LogP contribution in [-0.4, -0.2) is 43.2 Å². The van der Waals surface area contributed by atoms with Gasteiger partial charge in [0, 0.05) is 50.1 Å². The van der Waals surface area contributed by atoms with Gasteiger partial charge in [0.15, 0.2) is 0 Å². The molecule has 1 saturated heterocycles. The number of piperidine rings is 1. The molecule has 1 atom stereocenters. The second-order valence-electron chi connectivity index (χ2n) is 6.02. The van der Waals surface area contributed by atoms with Gasteiger partial charge < -0.3 is 14.0 Å². The van der Waals surface area contributed by atoms with Crippen LogP contribution in [0.15, 0.2) is 16.5 Å². The van der Waals surface area contributed by atoms with Gasteiger partial charge in [-0.05, 0) is 19.8 Å². The summed E-state index contributed by atoms with van der Waals surface area (Å²) in [6.07, 6.45) is 4.06. The minimum Gasteiger partial charge on any atom is -0.342 e. The van der Waals surface area contributed by atoms with Gasteiger partial charge in [0.1, 0.15) is 12.2 Å². The molecule has 7 nitrogen and oxygen atoms in total. The molecule has 8 heteroatoms. The maximum absolute atomic E-state index is 12.5. The second kappa shape index (κ2) is 6.66. The minimum atomic E-state index is 0.00547. The molecule has 0 saturated carbocycles. The van der Waals surface area contributed by atoms with Crippen molar-refractivity contribution in [2.45, 2.75) is 38.6 Å². The Hall–Kier alpha value is -1.96. The Bertz CT molecular complexity index is 747. The summed E-state index contributed by atoms with van der Waals surface area (Å²) in [6, 6.07) is 0. The van der Waals surface area contributed by atoms with Crippen LogP contribution in [0.1, 0.15) is 36.7 Å². The lowest BCUT2D eigenvalue weighted by Gasteiger charge is -2.32. The zero-order chi connectivity index (χ0) is 16.4. The number of thiazole rings is 1. The molecule has 0 spiro atoms. The fraction of sp³-hybridized carbons (Fsp3) is 0.600. The van der Waals surface area contributed by atoms with Crippen molar-refractivity contribution in [1.29, 1.82) is 0 Å². The number of aryl methyl sites for hydroxylation is 2. The van der Waals surface area contributed by atoms with Crippen LogP contribution in [0, 0.1) is 6.92 Å². The molecule has 3 rings (SSSR count). The highest BCUT2D eigenvalue weighted by atomic mass is 32.1. The van der Waals surface area contributed by atoms with E-state index in [4.69, 9.17) is 0 Å². The number of rotatable bonds is 4. The Labute approximate surface area is 138 Å². The molecule has 0 N–H and O–H groups in total. The van der Waals surface area contributed by atoms with Gasteiger partial charge in [0.25, 0.3) is 0 Å². The van der Waals surface area contributed by atoms with E-state index < -0.39 is 0 Å². The SMILES string of the molecule is Cc1csc(=O)n1CCC(=O)N1CCC[C@@H](c2nncn2C)C1. The van der Waals surface area contributed by atoms with Gasteiger partial charge in [-0.25, -0.2) is 0 Å². The summed E-state index contributed by atoms with van der Waals surface area (Å²) in [5.74, 6) is 1.28. The summed E-state index contributed by atoms with van der Waals surface area (Å²) in [5.41, 5.74) is 0.920. The van der Waals surface area contributed by atoms with Crippen molar-refractivity contribution in [2.24, 2.45) is 7.05 Å². The summed E-state index contributed by atoms with van der Waals surface area (Å²) < 4.78 is 3.60. The zero-order valence-electron chi connectivity index (χ0n) is 13.4. The van der Waals surface area contributed by atoms with E-state index in [-0.39, 0.29) is 16.7 Å². The largest absolute Gasteiger partial charge is 0.342 e. The van der Waals surface area contributed by atoms with Gasteiger partial charge in [-0.15, -0.1) is 10.2 Å². The maximum atomic E-state index is 12.5. The van der Waals surface area contributed by atoms with E-state index in [1.54, 1.807) is 10.9 Å². The molecule has 1 fully saturated rings. The van der Waals surface area contributed by atoms with Crippen molar-refractivity contribution in [3.05, 3.63) is 32.9 Å². The lowest BCUT2D eigenvalue weighted by molar-refractivity contribution is -0.132. The fourth-order valence-electron chi connectivity index (χ4n) is 3.12. The van der Waals surface area contributed by atoms with E-state index in [0.29, 0.717) is 19.5 Å². The first-order valence-electron chi connectivity index (χ1n) is 7.83. The smallest absolute Gasteiger partial charge is 0.307 e. The third-order valence-electron chi connectivity index (χ3n) is 4.41. The molecule has 0 unspecified atom stereocenters. The number of carbonyl (C=O) groups excluding carboxylic acids is 1. The molecule has 2 aromatic rings. The molecular weight excluding hydrogens is 314 g/mol. The van der Waals surface area contributed by atoms with Crippen molar-refractivity contribution >= 4 is 17.2 Å². The van der Waals surface area contributed by atoms with Crippen molar-refractivity contribution in [3.8, 4) is 0 Å². The Kier molecular flexibility index (Phi) is 4.61. The number of aromatic nitrogens is 4. The van der Waals surface area contributed by atoms with E-state index in [9.17, 15) is 9.59 Å². The summed E-state index contributed by atoms with van der Waals surface area (Å²) >= 11 is 1.18. The molecule has 0 aliphatic carbocycles. The molecule has 2 aromatic heterocycles. The van der Waals surface area contributed by atoms with Crippen LogP contribution in [0.2, 0.25) is 0 Å². The van der Waals surface area contributed by atoms with E-state index in [2.05, 4.69) is 10.2 Å². The van der Waals surface area contributed by atoms with E-state index in [1.807, 2.05) is 28.8 Å². The molecule has 1 aliphatic heterocycles. The highest BCUT2D eigenvalue weighted by Crippen LogP contribution is 2.25. The minimum absolute atomic E-state index is 0.00547. The third-order valence-corrected chi connectivity index (χ3v) is 5.29. The number of amides is 1. The van der Waals surface area contributed by atoms with Crippen molar-refractivity contribution in [3.63, 3.8) is 0 Å². The molecule has 3 heterocycles.